The van der Waals surface area contributed by atoms with Crippen LogP contribution in [0.25, 0.3) is 0 Å². The Morgan fingerprint density at radius 2 is 1.96 bits per heavy atom. The fourth-order valence-electron chi connectivity index (χ4n) is 1.90. The topological polar surface area (TPSA) is 99.1 Å². The molecule has 0 atom stereocenters. The van der Waals surface area contributed by atoms with E-state index in [1.165, 1.54) is 23.4 Å². The smallest absolute Gasteiger partial charge is 0.330 e. The lowest BCUT2D eigenvalue weighted by atomic mass is 10.3. The van der Waals surface area contributed by atoms with Crippen molar-refractivity contribution in [3.8, 4) is 0 Å². The lowest BCUT2D eigenvalue weighted by Crippen LogP contribution is -2.39. The molecule has 23 heavy (non-hydrogen) atoms. The molecular weight excluding hydrogens is 316 g/mol. The summed E-state index contributed by atoms with van der Waals surface area (Å²) in [7, 11) is 3.07. The molecule has 7 nitrogen and oxygen atoms in total. The van der Waals surface area contributed by atoms with Crippen molar-refractivity contribution in [2.75, 3.05) is 11.1 Å². The Bertz CT molecular complexity index is 719. The third-order valence-electron chi connectivity index (χ3n) is 3.43. The Morgan fingerprint density at radius 3 is 2.52 bits per heavy atom. The molecule has 1 amide bonds. The largest absolute Gasteiger partial charge is 0.370 e. The van der Waals surface area contributed by atoms with E-state index in [9.17, 15) is 14.4 Å². The lowest BCUT2D eigenvalue weighted by molar-refractivity contribution is -0.117. The fourth-order valence-corrected chi connectivity index (χ4v) is 2.83. The van der Waals surface area contributed by atoms with Crippen LogP contribution in [0.4, 0.5) is 5.69 Å². The Labute approximate surface area is 139 Å². The first-order valence-electron chi connectivity index (χ1n) is 7.44. The Morgan fingerprint density at radius 1 is 1.30 bits per heavy atom. The number of rotatable bonds is 8. The summed E-state index contributed by atoms with van der Waals surface area (Å²) in [6.07, 6.45) is 4.05. The van der Waals surface area contributed by atoms with Gasteiger partial charge in [0.05, 0.1) is 5.03 Å². The number of anilines is 1. The number of allylic oxidation sites excluding steroid dienone is 1. The number of primary amides is 1. The second-order valence-corrected chi connectivity index (χ2v) is 6.35. The van der Waals surface area contributed by atoms with E-state index in [4.69, 9.17) is 5.73 Å². The standard InChI is InChI=1S/C15H24N4O3S/c1-5-6-7-12(23-9-8-11(16)20)17-13-10(2)18(3)15(22)19(4)14(13)21/h7,17H,5-6,8-9H2,1-4H3,(H2,16,20)/b12-7-. The van der Waals surface area contributed by atoms with Crippen molar-refractivity contribution in [3.63, 3.8) is 0 Å². The van der Waals surface area contributed by atoms with E-state index >= 15 is 0 Å². The van der Waals surface area contributed by atoms with Crippen molar-refractivity contribution < 1.29 is 4.79 Å². The quantitative estimate of drug-likeness (QED) is 0.737. The molecule has 0 aliphatic carbocycles. The number of hydrogen-bond donors (Lipinski definition) is 2. The number of nitrogens with one attached hydrogen (secondary N) is 1. The number of nitrogens with two attached hydrogens (primary N) is 1. The summed E-state index contributed by atoms with van der Waals surface area (Å²) < 4.78 is 2.50. The second kappa shape index (κ2) is 8.61. The zero-order valence-corrected chi connectivity index (χ0v) is 14.8. The molecule has 8 heteroatoms. The number of carbonyl (C=O) groups is 1. The summed E-state index contributed by atoms with van der Waals surface area (Å²) >= 11 is 1.43. The molecule has 0 aliphatic heterocycles. The molecule has 128 valence electrons. The van der Waals surface area contributed by atoms with Crippen LogP contribution in [0.15, 0.2) is 20.7 Å². The maximum atomic E-state index is 12.3. The first-order chi connectivity index (χ1) is 10.8. The van der Waals surface area contributed by atoms with Gasteiger partial charge in [0.1, 0.15) is 5.69 Å². The maximum absolute atomic E-state index is 12.3. The molecule has 1 aromatic rings. The van der Waals surface area contributed by atoms with Gasteiger partial charge in [-0.15, -0.1) is 11.8 Å². The van der Waals surface area contributed by atoms with Crippen LogP contribution in [0.2, 0.25) is 0 Å². The highest BCUT2D eigenvalue weighted by Crippen LogP contribution is 2.20. The molecule has 0 aliphatic rings. The molecule has 1 rings (SSSR count). The summed E-state index contributed by atoms with van der Waals surface area (Å²) in [6.45, 7) is 3.77. The Kier molecular flexibility index (Phi) is 7.15. The monoisotopic (exact) mass is 340 g/mol. The van der Waals surface area contributed by atoms with E-state index in [1.807, 2.05) is 6.08 Å². The van der Waals surface area contributed by atoms with Gasteiger partial charge in [-0.05, 0) is 13.3 Å². The average Bonchev–Trinajstić information content (AvgIpc) is 2.51. The molecule has 3 N–H and O–H groups in total. The van der Waals surface area contributed by atoms with Gasteiger partial charge < -0.3 is 11.1 Å². The molecule has 0 aromatic carbocycles. The minimum absolute atomic E-state index is 0.264. The van der Waals surface area contributed by atoms with Gasteiger partial charge in [0.2, 0.25) is 5.91 Å². The summed E-state index contributed by atoms with van der Waals surface area (Å²) in [4.78, 5) is 35.1. The van der Waals surface area contributed by atoms with E-state index in [2.05, 4.69) is 12.2 Å². The van der Waals surface area contributed by atoms with Crippen molar-refractivity contribution in [1.29, 1.82) is 0 Å². The molecule has 0 radical (unpaired) electrons. The zero-order chi connectivity index (χ0) is 17.6. The molecule has 1 heterocycles. The van der Waals surface area contributed by atoms with Crippen LogP contribution in [-0.2, 0) is 18.9 Å². The van der Waals surface area contributed by atoms with Crippen LogP contribution in [0.1, 0.15) is 31.9 Å². The van der Waals surface area contributed by atoms with Crippen LogP contribution < -0.4 is 22.3 Å². The van der Waals surface area contributed by atoms with E-state index in [0.717, 1.165) is 22.4 Å². The number of nitrogens with zero attached hydrogens (tertiary/aromatic N) is 2. The summed E-state index contributed by atoms with van der Waals surface area (Å²) in [5.41, 5.74) is 5.35. The highest BCUT2D eigenvalue weighted by Gasteiger charge is 2.13. The van der Waals surface area contributed by atoms with Gasteiger partial charge >= 0.3 is 5.69 Å². The minimum Gasteiger partial charge on any atom is -0.370 e. The number of amides is 1. The molecule has 0 saturated heterocycles. The average molecular weight is 340 g/mol. The molecule has 0 fully saturated rings. The number of hydrogen-bond acceptors (Lipinski definition) is 5. The van der Waals surface area contributed by atoms with Crippen molar-refractivity contribution in [2.24, 2.45) is 19.8 Å². The van der Waals surface area contributed by atoms with E-state index in [1.54, 1.807) is 14.0 Å². The predicted octanol–water partition coefficient (Wildman–Crippen LogP) is 1.05. The molecule has 0 bridgehead atoms. The Hall–Kier alpha value is -1.96. The van der Waals surface area contributed by atoms with Gasteiger partial charge in [0.15, 0.2) is 0 Å². The molecule has 0 saturated carbocycles. The van der Waals surface area contributed by atoms with Crippen molar-refractivity contribution in [2.45, 2.75) is 33.1 Å². The van der Waals surface area contributed by atoms with Crippen molar-refractivity contribution in [3.05, 3.63) is 37.6 Å². The van der Waals surface area contributed by atoms with Crippen molar-refractivity contribution in [1.82, 2.24) is 9.13 Å². The van der Waals surface area contributed by atoms with E-state index in [-0.39, 0.29) is 23.6 Å². The van der Waals surface area contributed by atoms with Gasteiger partial charge in [-0.2, -0.15) is 0 Å². The van der Waals surface area contributed by atoms with Crippen LogP contribution in [0.5, 0.6) is 0 Å². The third kappa shape index (κ3) is 5.02. The Balaban J connectivity index is 3.11. The van der Waals surface area contributed by atoms with Crippen molar-refractivity contribution >= 4 is 23.4 Å². The summed E-state index contributed by atoms with van der Waals surface area (Å²) in [6, 6.07) is 0. The molecule has 0 spiro atoms. The first kappa shape index (κ1) is 19.1. The highest BCUT2D eigenvalue weighted by atomic mass is 32.2. The van der Waals surface area contributed by atoms with Gasteiger partial charge in [-0.25, -0.2) is 4.79 Å². The van der Waals surface area contributed by atoms with Crippen LogP contribution in [-0.4, -0.2) is 20.8 Å². The summed E-state index contributed by atoms with van der Waals surface area (Å²) in [5, 5.41) is 3.90. The first-order valence-corrected chi connectivity index (χ1v) is 8.43. The number of thioether (sulfide) groups is 1. The maximum Gasteiger partial charge on any atom is 0.330 e. The van der Waals surface area contributed by atoms with Crippen LogP contribution in [0, 0.1) is 6.92 Å². The van der Waals surface area contributed by atoms with E-state index in [0.29, 0.717) is 17.1 Å². The van der Waals surface area contributed by atoms with Crippen LogP contribution >= 0.6 is 11.8 Å². The number of aromatic nitrogens is 2. The molecular formula is C15H24N4O3S. The van der Waals surface area contributed by atoms with Gasteiger partial charge in [-0.3, -0.25) is 18.7 Å². The number of carbonyl (C=O) groups excluding carboxylic acids is 1. The normalized spacial score (nSPS) is 11.6. The zero-order valence-electron chi connectivity index (χ0n) is 14.0. The highest BCUT2D eigenvalue weighted by molar-refractivity contribution is 8.03. The lowest BCUT2D eigenvalue weighted by Gasteiger charge is -2.15. The van der Waals surface area contributed by atoms with E-state index < -0.39 is 0 Å². The fraction of sp³-hybridized carbons (Fsp3) is 0.533. The van der Waals surface area contributed by atoms with Gasteiger partial charge in [-0.1, -0.05) is 19.4 Å². The number of unbranched alkanes of at least 4 members (excludes halogenated alkanes) is 1. The predicted molar refractivity (Wildman–Crippen MR) is 94.5 cm³/mol. The third-order valence-corrected chi connectivity index (χ3v) is 4.42. The van der Waals surface area contributed by atoms with Crippen LogP contribution in [0.3, 0.4) is 0 Å². The van der Waals surface area contributed by atoms with Gasteiger partial charge in [0, 0.05) is 32.0 Å². The molecule has 1 aromatic heterocycles. The SMILES string of the molecule is CCC/C=C(/Nc1c(C)n(C)c(=O)n(C)c1=O)SCCC(N)=O. The second-order valence-electron chi connectivity index (χ2n) is 5.21. The molecule has 0 unspecified atom stereocenters. The van der Waals surface area contributed by atoms with Gasteiger partial charge in [0.25, 0.3) is 5.56 Å². The minimum atomic E-state index is -0.372. The summed E-state index contributed by atoms with van der Waals surface area (Å²) in [5.74, 6) is 0.171.